The van der Waals surface area contributed by atoms with Crippen molar-refractivity contribution in [2.45, 2.75) is 20.4 Å². The first kappa shape index (κ1) is 13.8. The van der Waals surface area contributed by atoms with Crippen LogP contribution in [0.2, 0.25) is 0 Å². The average molecular weight is 323 g/mol. The lowest BCUT2D eigenvalue weighted by Gasteiger charge is -2.20. The second-order valence-corrected chi connectivity index (χ2v) is 4.92. The zero-order chi connectivity index (χ0) is 13.8. The van der Waals surface area contributed by atoms with Gasteiger partial charge in [-0.25, -0.2) is 0 Å². The van der Waals surface area contributed by atoms with Gasteiger partial charge >= 0.3 is 0 Å². The Morgan fingerprint density at radius 1 is 1.42 bits per heavy atom. The summed E-state index contributed by atoms with van der Waals surface area (Å²) < 4.78 is 5.57. The van der Waals surface area contributed by atoms with Gasteiger partial charge in [0.15, 0.2) is 4.67 Å². The summed E-state index contributed by atoms with van der Waals surface area (Å²) in [7, 11) is 0. The average Bonchev–Trinajstić information content (AvgIpc) is 2.81. The van der Waals surface area contributed by atoms with Crippen molar-refractivity contribution in [2.75, 3.05) is 6.54 Å². The number of halogens is 1. The maximum absolute atomic E-state index is 12.4. The second-order valence-electron chi connectivity index (χ2n) is 4.20. The molecule has 1 amide bonds. The summed E-state index contributed by atoms with van der Waals surface area (Å²) in [5.74, 6) is -0.0635. The van der Waals surface area contributed by atoms with Crippen LogP contribution in [0.15, 0.2) is 39.6 Å². The number of hydrogen-bond acceptors (Lipinski definition) is 3. The highest BCUT2D eigenvalue weighted by Gasteiger charge is 2.19. The smallest absolute Gasteiger partial charge is 0.258 e. The Hall–Kier alpha value is -1.62. The van der Waals surface area contributed by atoms with Gasteiger partial charge in [-0.05, 0) is 48.0 Å². The van der Waals surface area contributed by atoms with Crippen LogP contribution in [0.1, 0.15) is 28.7 Å². The van der Waals surface area contributed by atoms with Crippen molar-refractivity contribution < 1.29 is 9.21 Å². The lowest BCUT2D eigenvalue weighted by Crippen LogP contribution is -2.30. The van der Waals surface area contributed by atoms with E-state index < -0.39 is 0 Å². The number of carbonyl (C=O) groups excluding carboxylic acids is 1. The first-order valence-corrected chi connectivity index (χ1v) is 6.86. The highest BCUT2D eigenvalue weighted by atomic mass is 79.9. The highest BCUT2D eigenvalue weighted by molar-refractivity contribution is 9.10. The van der Waals surface area contributed by atoms with Gasteiger partial charge in [-0.2, -0.15) is 0 Å². The Labute approximate surface area is 120 Å². The highest BCUT2D eigenvalue weighted by Crippen LogP contribution is 2.20. The molecule has 0 unspecified atom stereocenters. The molecule has 0 aliphatic heterocycles. The molecule has 2 heterocycles. The molecule has 0 aliphatic carbocycles. The topological polar surface area (TPSA) is 46.3 Å². The van der Waals surface area contributed by atoms with Crippen molar-refractivity contribution in [3.63, 3.8) is 0 Å². The van der Waals surface area contributed by atoms with E-state index in [9.17, 15) is 4.79 Å². The van der Waals surface area contributed by atoms with Crippen molar-refractivity contribution in [3.8, 4) is 0 Å². The molecule has 5 heteroatoms. The molecule has 0 saturated carbocycles. The first-order valence-electron chi connectivity index (χ1n) is 6.06. The number of aryl methyl sites for hydroxylation is 1. The van der Waals surface area contributed by atoms with E-state index in [-0.39, 0.29) is 5.91 Å². The Kier molecular flexibility index (Phi) is 4.37. The fraction of sp³-hybridized carbons (Fsp3) is 0.286. The molecule has 0 bridgehead atoms. The van der Waals surface area contributed by atoms with Crippen LogP contribution in [-0.2, 0) is 6.54 Å². The predicted molar refractivity (Wildman–Crippen MR) is 75.8 cm³/mol. The molecule has 0 aliphatic rings. The van der Waals surface area contributed by atoms with Gasteiger partial charge < -0.3 is 9.32 Å². The maximum Gasteiger partial charge on any atom is 0.258 e. The number of amides is 1. The van der Waals surface area contributed by atoms with Crippen molar-refractivity contribution in [3.05, 3.63) is 52.1 Å². The Balaban J connectivity index is 2.17. The summed E-state index contributed by atoms with van der Waals surface area (Å²) in [5.41, 5.74) is 2.37. The van der Waals surface area contributed by atoms with E-state index >= 15 is 0 Å². The van der Waals surface area contributed by atoms with Crippen LogP contribution in [0.5, 0.6) is 0 Å². The summed E-state index contributed by atoms with van der Waals surface area (Å²) in [6.07, 6.45) is 1.50. The largest absolute Gasteiger partial charge is 0.457 e. The van der Waals surface area contributed by atoms with Gasteiger partial charge in [0.2, 0.25) is 0 Å². The summed E-state index contributed by atoms with van der Waals surface area (Å²) in [4.78, 5) is 18.5. The number of carbonyl (C=O) groups is 1. The Bertz CT molecular complexity index is 580. The van der Waals surface area contributed by atoms with Gasteiger partial charge in [0.1, 0.15) is 0 Å². The zero-order valence-corrected chi connectivity index (χ0v) is 12.5. The summed E-state index contributed by atoms with van der Waals surface area (Å²) >= 11 is 3.23. The molecule has 2 aromatic rings. The Morgan fingerprint density at radius 3 is 2.79 bits per heavy atom. The molecule has 0 aromatic carbocycles. The van der Waals surface area contributed by atoms with Crippen LogP contribution < -0.4 is 0 Å². The van der Waals surface area contributed by atoms with Gasteiger partial charge in [0.05, 0.1) is 24.1 Å². The predicted octanol–water partition coefficient (Wildman–Crippen LogP) is 3.41. The molecule has 2 aromatic heterocycles. The van der Waals surface area contributed by atoms with E-state index in [1.807, 2.05) is 32.0 Å². The SMILES string of the molecule is CCN(Cc1cccc(C)n1)C(=O)c1ccoc1Br. The lowest BCUT2D eigenvalue weighted by molar-refractivity contribution is 0.0748. The summed E-state index contributed by atoms with van der Waals surface area (Å²) in [6.45, 7) is 5.00. The van der Waals surface area contributed by atoms with Crippen molar-refractivity contribution >= 4 is 21.8 Å². The molecule has 0 radical (unpaired) electrons. The van der Waals surface area contributed by atoms with Crippen LogP contribution in [0.3, 0.4) is 0 Å². The molecular weight excluding hydrogens is 308 g/mol. The summed E-state index contributed by atoms with van der Waals surface area (Å²) in [5, 5.41) is 0. The molecule has 0 saturated heterocycles. The third-order valence-electron chi connectivity index (χ3n) is 2.82. The number of furan rings is 1. The number of rotatable bonds is 4. The zero-order valence-electron chi connectivity index (χ0n) is 10.9. The summed E-state index contributed by atoms with van der Waals surface area (Å²) in [6, 6.07) is 7.48. The molecule has 100 valence electrons. The van der Waals surface area contributed by atoms with Gasteiger partial charge in [0.25, 0.3) is 5.91 Å². The molecule has 2 rings (SSSR count). The minimum Gasteiger partial charge on any atom is -0.457 e. The van der Waals surface area contributed by atoms with Crippen molar-refractivity contribution in [2.24, 2.45) is 0 Å². The number of nitrogens with zero attached hydrogens (tertiary/aromatic N) is 2. The molecular formula is C14H15BrN2O2. The second kappa shape index (κ2) is 6.02. The van der Waals surface area contributed by atoms with E-state index in [1.165, 1.54) is 6.26 Å². The van der Waals surface area contributed by atoms with Crippen LogP contribution in [0, 0.1) is 6.92 Å². The first-order chi connectivity index (χ1) is 9.11. The lowest BCUT2D eigenvalue weighted by atomic mass is 10.2. The third kappa shape index (κ3) is 3.23. The number of aromatic nitrogens is 1. The van der Waals surface area contributed by atoms with Crippen LogP contribution in [0.25, 0.3) is 0 Å². The van der Waals surface area contributed by atoms with Crippen LogP contribution in [0.4, 0.5) is 0 Å². The van der Waals surface area contributed by atoms with Crippen LogP contribution >= 0.6 is 15.9 Å². The van der Waals surface area contributed by atoms with E-state index in [2.05, 4.69) is 20.9 Å². The monoisotopic (exact) mass is 322 g/mol. The number of hydrogen-bond donors (Lipinski definition) is 0. The normalized spacial score (nSPS) is 10.5. The number of pyridine rings is 1. The molecule has 0 fully saturated rings. The maximum atomic E-state index is 12.4. The Morgan fingerprint density at radius 2 is 2.21 bits per heavy atom. The van der Waals surface area contributed by atoms with E-state index in [1.54, 1.807) is 11.0 Å². The van der Waals surface area contributed by atoms with Gasteiger partial charge in [0, 0.05) is 12.2 Å². The standard InChI is InChI=1S/C14H15BrN2O2/c1-3-17(9-11-6-4-5-10(2)16-11)14(18)12-7-8-19-13(12)15/h4-8H,3,9H2,1-2H3. The van der Waals surface area contributed by atoms with E-state index in [4.69, 9.17) is 4.42 Å². The minimum absolute atomic E-state index is 0.0635. The van der Waals surface area contributed by atoms with Gasteiger partial charge in [-0.3, -0.25) is 9.78 Å². The van der Waals surface area contributed by atoms with E-state index in [0.717, 1.165) is 11.4 Å². The van der Waals surface area contributed by atoms with E-state index in [0.29, 0.717) is 23.3 Å². The van der Waals surface area contributed by atoms with Gasteiger partial charge in [-0.15, -0.1) is 0 Å². The molecule has 19 heavy (non-hydrogen) atoms. The minimum atomic E-state index is -0.0635. The fourth-order valence-electron chi connectivity index (χ4n) is 1.83. The third-order valence-corrected chi connectivity index (χ3v) is 3.43. The molecule has 0 spiro atoms. The molecule has 0 atom stereocenters. The van der Waals surface area contributed by atoms with Crippen molar-refractivity contribution in [1.82, 2.24) is 9.88 Å². The van der Waals surface area contributed by atoms with Crippen molar-refractivity contribution in [1.29, 1.82) is 0 Å². The quantitative estimate of drug-likeness (QED) is 0.866. The van der Waals surface area contributed by atoms with Crippen LogP contribution in [-0.4, -0.2) is 22.3 Å². The van der Waals surface area contributed by atoms with Gasteiger partial charge in [-0.1, -0.05) is 6.07 Å². The fourth-order valence-corrected chi connectivity index (χ4v) is 2.24. The molecule has 0 N–H and O–H groups in total. The molecule has 4 nitrogen and oxygen atoms in total.